The van der Waals surface area contributed by atoms with E-state index in [1.807, 2.05) is 18.2 Å². The molecule has 1 aliphatic heterocycles. The number of aldehydes is 1. The van der Waals surface area contributed by atoms with Gasteiger partial charge >= 0.3 is 5.97 Å². The molecule has 1 aliphatic rings. The monoisotopic (exact) mass is 413 g/mol. The Morgan fingerprint density at radius 2 is 1.90 bits per heavy atom. The molecule has 0 atom stereocenters. The summed E-state index contributed by atoms with van der Waals surface area (Å²) in [5, 5.41) is 0. The molecule has 7 heteroatoms. The van der Waals surface area contributed by atoms with E-state index in [1.165, 1.54) is 17.9 Å². The lowest BCUT2D eigenvalue weighted by Crippen LogP contribution is -2.38. The SMILES string of the molecule is CC(=O)OCc1cc(CN2C(=O)COc3c(F)cc(C=O)cc32)cc(C(C)(C)C)c1. The van der Waals surface area contributed by atoms with Gasteiger partial charge in [-0.1, -0.05) is 39.0 Å². The van der Waals surface area contributed by atoms with Crippen molar-refractivity contribution in [1.29, 1.82) is 0 Å². The van der Waals surface area contributed by atoms with E-state index in [4.69, 9.17) is 9.47 Å². The van der Waals surface area contributed by atoms with Crippen LogP contribution >= 0.6 is 0 Å². The fourth-order valence-corrected chi connectivity index (χ4v) is 3.27. The molecule has 0 aliphatic carbocycles. The maximum Gasteiger partial charge on any atom is 0.302 e. The Kier molecular flexibility index (Phi) is 5.92. The summed E-state index contributed by atoms with van der Waals surface area (Å²) in [5.74, 6) is -1.46. The highest BCUT2D eigenvalue weighted by Crippen LogP contribution is 2.37. The molecule has 0 saturated heterocycles. The van der Waals surface area contributed by atoms with Crippen LogP contribution in [0.15, 0.2) is 30.3 Å². The third kappa shape index (κ3) is 4.67. The maximum atomic E-state index is 14.3. The molecular formula is C23H24FNO5. The molecule has 1 amide bonds. The Labute approximate surface area is 174 Å². The average molecular weight is 413 g/mol. The van der Waals surface area contributed by atoms with Gasteiger partial charge in [0.2, 0.25) is 0 Å². The second kappa shape index (κ2) is 8.26. The molecule has 0 saturated carbocycles. The first kappa shape index (κ1) is 21.5. The van der Waals surface area contributed by atoms with E-state index in [9.17, 15) is 18.8 Å². The van der Waals surface area contributed by atoms with Crippen molar-refractivity contribution in [2.45, 2.75) is 46.3 Å². The number of fused-ring (bicyclic) bond motifs is 1. The van der Waals surface area contributed by atoms with Crippen LogP contribution in [0.25, 0.3) is 0 Å². The van der Waals surface area contributed by atoms with Crippen LogP contribution in [-0.2, 0) is 32.9 Å². The highest BCUT2D eigenvalue weighted by Gasteiger charge is 2.29. The number of benzene rings is 2. The van der Waals surface area contributed by atoms with Gasteiger partial charge in [0.1, 0.15) is 12.9 Å². The average Bonchev–Trinajstić information content (AvgIpc) is 2.67. The minimum Gasteiger partial charge on any atom is -0.478 e. The minimum absolute atomic E-state index is 0.0488. The van der Waals surface area contributed by atoms with Gasteiger partial charge in [0.25, 0.3) is 5.91 Å². The predicted molar refractivity (Wildman–Crippen MR) is 109 cm³/mol. The van der Waals surface area contributed by atoms with Gasteiger partial charge < -0.3 is 14.4 Å². The minimum atomic E-state index is -0.689. The Morgan fingerprint density at radius 3 is 2.53 bits per heavy atom. The van der Waals surface area contributed by atoms with Crippen LogP contribution in [-0.4, -0.2) is 24.8 Å². The van der Waals surface area contributed by atoms with Crippen LogP contribution in [0.3, 0.4) is 0 Å². The zero-order valence-corrected chi connectivity index (χ0v) is 17.5. The van der Waals surface area contributed by atoms with Crippen molar-refractivity contribution in [3.63, 3.8) is 0 Å². The summed E-state index contributed by atoms with van der Waals surface area (Å²) in [5.41, 5.74) is 2.76. The molecule has 0 spiro atoms. The molecule has 3 rings (SSSR count). The lowest BCUT2D eigenvalue weighted by Gasteiger charge is -2.30. The lowest BCUT2D eigenvalue weighted by atomic mass is 9.85. The van der Waals surface area contributed by atoms with Crippen LogP contribution in [0.4, 0.5) is 10.1 Å². The van der Waals surface area contributed by atoms with Gasteiger partial charge in [0.05, 0.1) is 12.2 Å². The summed E-state index contributed by atoms with van der Waals surface area (Å²) in [4.78, 5) is 36.4. The number of nitrogens with zero attached hydrogens (tertiary/aromatic N) is 1. The smallest absolute Gasteiger partial charge is 0.302 e. The fraction of sp³-hybridized carbons (Fsp3) is 0.348. The van der Waals surface area contributed by atoms with Gasteiger partial charge in [-0.15, -0.1) is 0 Å². The summed E-state index contributed by atoms with van der Waals surface area (Å²) >= 11 is 0. The van der Waals surface area contributed by atoms with Crippen molar-refractivity contribution in [1.82, 2.24) is 0 Å². The first-order valence-electron chi connectivity index (χ1n) is 9.57. The number of carbonyl (C=O) groups excluding carboxylic acids is 3. The first-order chi connectivity index (χ1) is 14.1. The molecule has 0 bridgehead atoms. The molecule has 0 unspecified atom stereocenters. The van der Waals surface area contributed by atoms with Crippen molar-refractivity contribution in [2.24, 2.45) is 0 Å². The number of halogens is 1. The first-order valence-corrected chi connectivity index (χ1v) is 9.57. The van der Waals surface area contributed by atoms with E-state index in [-0.39, 0.29) is 54.1 Å². The van der Waals surface area contributed by atoms with Crippen molar-refractivity contribution in [3.05, 3.63) is 58.4 Å². The summed E-state index contributed by atoms with van der Waals surface area (Å²) in [6.07, 6.45) is 0.526. The number of amides is 1. The Morgan fingerprint density at radius 1 is 1.20 bits per heavy atom. The third-order valence-electron chi connectivity index (χ3n) is 4.82. The number of anilines is 1. The van der Waals surface area contributed by atoms with Crippen LogP contribution in [0.5, 0.6) is 5.75 Å². The van der Waals surface area contributed by atoms with Crippen molar-refractivity contribution >= 4 is 23.9 Å². The predicted octanol–water partition coefficient (Wildman–Crippen LogP) is 3.92. The van der Waals surface area contributed by atoms with E-state index in [0.717, 1.165) is 22.8 Å². The van der Waals surface area contributed by atoms with E-state index in [0.29, 0.717) is 6.29 Å². The molecule has 0 aromatic heterocycles. The zero-order chi connectivity index (χ0) is 22.1. The maximum absolute atomic E-state index is 14.3. The number of ether oxygens (including phenoxy) is 2. The quantitative estimate of drug-likeness (QED) is 0.549. The molecule has 2 aromatic carbocycles. The molecule has 30 heavy (non-hydrogen) atoms. The van der Waals surface area contributed by atoms with Gasteiger partial charge in [-0.25, -0.2) is 4.39 Å². The molecule has 2 aromatic rings. The summed E-state index contributed by atoms with van der Waals surface area (Å²) in [6, 6.07) is 8.30. The topological polar surface area (TPSA) is 72.9 Å². The van der Waals surface area contributed by atoms with E-state index in [2.05, 4.69) is 20.8 Å². The van der Waals surface area contributed by atoms with Crippen molar-refractivity contribution < 1.29 is 28.2 Å². The van der Waals surface area contributed by atoms with Gasteiger partial charge in [-0.05, 0) is 34.2 Å². The van der Waals surface area contributed by atoms with Crippen molar-refractivity contribution in [2.75, 3.05) is 11.5 Å². The van der Waals surface area contributed by atoms with E-state index >= 15 is 0 Å². The lowest BCUT2D eigenvalue weighted by molar-refractivity contribution is -0.142. The van der Waals surface area contributed by atoms with Gasteiger partial charge in [-0.3, -0.25) is 14.4 Å². The number of rotatable bonds is 5. The Balaban J connectivity index is 2.02. The molecule has 0 radical (unpaired) electrons. The Hall–Kier alpha value is -3.22. The summed E-state index contributed by atoms with van der Waals surface area (Å²) in [7, 11) is 0. The fourth-order valence-electron chi connectivity index (χ4n) is 3.27. The van der Waals surface area contributed by atoms with Crippen LogP contribution < -0.4 is 9.64 Å². The normalized spacial score (nSPS) is 13.5. The largest absolute Gasteiger partial charge is 0.478 e. The second-order valence-electron chi connectivity index (χ2n) is 8.31. The van der Waals surface area contributed by atoms with Crippen molar-refractivity contribution in [3.8, 4) is 5.75 Å². The number of esters is 1. The summed E-state index contributed by atoms with van der Waals surface area (Å²) < 4.78 is 24.7. The number of hydrogen-bond donors (Lipinski definition) is 0. The van der Waals surface area contributed by atoms with E-state index in [1.54, 1.807) is 0 Å². The van der Waals surface area contributed by atoms with Crippen LogP contribution in [0.1, 0.15) is 54.7 Å². The molecule has 0 N–H and O–H groups in total. The van der Waals surface area contributed by atoms with Gasteiger partial charge in [-0.2, -0.15) is 0 Å². The van der Waals surface area contributed by atoms with E-state index < -0.39 is 5.82 Å². The highest BCUT2D eigenvalue weighted by molar-refractivity contribution is 5.98. The molecule has 1 heterocycles. The number of carbonyl (C=O) groups is 3. The van der Waals surface area contributed by atoms with Crippen LogP contribution in [0, 0.1) is 5.82 Å². The molecule has 0 fully saturated rings. The summed E-state index contributed by atoms with van der Waals surface area (Å²) in [6.45, 7) is 7.51. The standard InChI is InChI=1S/C23H24FNO5/c1-14(27)29-12-17-5-15(6-18(7-17)23(2,3)4)10-25-20-9-16(11-26)8-19(24)22(20)30-13-21(25)28/h5-9,11H,10,12-13H2,1-4H3. The Bertz CT molecular complexity index is 1010. The molecule has 6 nitrogen and oxygen atoms in total. The second-order valence-corrected chi connectivity index (χ2v) is 8.31. The third-order valence-corrected chi connectivity index (χ3v) is 4.82. The molecular weight excluding hydrogens is 389 g/mol. The molecule has 158 valence electrons. The van der Waals surface area contributed by atoms with Crippen LogP contribution in [0.2, 0.25) is 0 Å². The zero-order valence-electron chi connectivity index (χ0n) is 17.5. The highest BCUT2D eigenvalue weighted by atomic mass is 19.1. The number of hydrogen-bond acceptors (Lipinski definition) is 5. The van der Waals surface area contributed by atoms with Gasteiger partial charge in [0.15, 0.2) is 18.2 Å². The van der Waals surface area contributed by atoms with Gasteiger partial charge in [0, 0.05) is 12.5 Å².